The first-order valence-corrected chi connectivity index (χ1v) is 13.5. The van der Waals surface area contributed by atoms with Crippen LogP contribution in [-0.4, -0.2) is 39.7 Å². The second kappa shape index (κ2) is 7.47. The number of hydrogen-bond acceptors (Lipinski definition) is 3. The molecular weight excluding hydrogens is 362 g/mol. The predicted octanol–water partition coefficient (Wildman–Crippen LogP) is 4.17. The van der Waals surface area contributed by atoms with Crippen LogP contribution < -0.4 is 0 Å². The Morgan fingerprint density at radius 3 is 2.31 bits per heavy atom. The molecule has 1 heterocycles. The molecule has 0 spiro atoms. The molecule has 0 radical (unpaired) electrons. The Balaban J connectivity index is 2.33. The topological polar surface area (TPSA) is 46.6 Å². The van der Waals surface area contributed by atoms with E-state index in [1.54, 1.807) is 12.1 Å². The number of benzene rings is 1. The maximum absolute atomic E-state index is 13.2. The monoisotopic (exact) mass is 393 g/mol. The van der Waals surface area contributed by atoms with Gasteiger partial charge in [0.1, 0.15) is 6.04 Å². The maximum atomic E-state index is 13.2. The first-order chi connectivity index (χ1) is 11.9. The highest BCUT2D eigenvalue weighted by atomic mass is 32.2. The molecule has 0 N–H and O–H groups in total. The molecule has 0 saturated carbocycles. The Morgan fingerprint density at radius 1 is 1.23 bits per heavy atom. The quantitative estimate of drug-likeness (QED) is 0.570. The summed E-state index contributed by atoms with van der Waals surface area (Å²) < 4.78 is 34.3. The molecule has 4 nitrogen and oxygen atoms in total. The van der Waals surface area contributed by atoms with Gasteiger partial charge in [0.15, 0.2) is 8.32 Å². The van der Waals surface area contributed by atoms with Gasteiger partial charge in [-0.2, -0.15) is 4.31 Å². The van der Waals surface area contributed by atoms with E-state index >= 15 is 0 Å². The number of sulfonamides is 1. The van der Waals surface area contributed by atoms with Crippen LogP contribution in [-0.2, 0) is 14.4 Å². The molecule has 0 amide bonds. The summed E-state index contributed by atoms with van der Waals surface area (Å²) in [4.78, 5) is 0.288. The van der Waals surface area contributed by atoms with Gasteiger partial charge in [-0.15, -0.1) is 6.42 Å². The molecule has 26 heavy (non-hydrogen) atoms. The summed E-state index contributed by atoms with van der Waals surface area (Å²) >= 11 is 0. The van der Waals surface area contributed by atoms with Crippen molar-refractivity contribution < 1.29 is 12.8 Å². The van der Waals surface area contributed by atoms with E-state index in [-0.39, 0.29) is 16.0 Å². The minimum atomic E-state index is -3.64. The van der Waals surface area contributed by atoms with Gasteiger partial charge >= 0.3 is 0 Å². The fourth-order valence-corrected chi connectivity index (χ4v) is 5.89. The third-order valence-corrected chi connectivity index (χ3v) is 12.0. The van der Waals surface area contributed by atoms with Crippen LogP contribution in [0.3, 0.4) is 0 Å². The Kier molecular flexibility index (Phi) is 6.08. The summed E-state index contributed by atoms with van der Waals surface area (Å²) in [6.07, 6.45) is 7.08. The Morgan fingerprint density at radius 2 is 1.81 bits per heavy atom. The van der Waals surface area contributed by atoms with Crippen molar-refractivity contribution >= 4 is 18.3 Å². The lowest BCUT2D eigenvalue weighted by Crippen LogP contribution is -2.55. The minimum absolute atomic E-state index is 0.0459. The lowest BCUT2D eigenvalue weighted by molar-refractivity contribution is 0.0868. The molecule has 0 bridgehead atoms. The van der Waals surface area contributed by atoms with Crippen LogP contribution >= 0.6 is 0 Å². The number of aryl methyl sites for hydroxylation is 1. The third-order valence-electron chi connectivity index (χ3n) is 5.58. The zero-order valence-corrected chi connectivity index (χ0v) is 18.6. The van der Waals surface area contributed by atoms with Gasteiger partial charge in [0.2, 0.25) is 10.0 Å². The molecule has 1 fully saturated rings. The summed E-state index contributed by atoms with van der Waals surface area (Å²) in [6.45, 7) is 13.2. The first kappa shape index (κ1) is 21.2. The van der Waals surface area contributed by atoms with Gasteiger partial charge in [-0.05, 0) is 50.0 Å². The number of nitrogens with zero attached hydrogens (tertiary/aromatic N) is 1. The largest absolute Gasteiger partial charge is 0.411 e. The van der Waals surface area contributed by atoms with E-state index in [1.165, 1.54) is 4.31 Å². The Hall–Kier alpha value is -1.13. The van der Waals surface area contributed by atoms with E-state index in [1.807, 2.05) is 19.1 Å². The zero-order chi connectivity index (χ0) is 19.8. The van der Waals surface area contributed by atoms with Gasteiger partial charge in [0.05, 0.1) is 11.0 Å². The highest BCUT2D eigenvalue weighted by Gasteiger charge is 2.44. The molecule has 1 aliphatic heterocycles. The molecule has 1 aromatic carbocycles. The minimum Gasteiger partial charge on any atom is -0.411 e. The molecule has 1 saturated heterocycles. The summed E-state index contributed by atoms with van der Waals surface area (Å²) in [7, 11) is -5.68. The molecular formula is C20H31NO3SSi. The second-order valence-electron chi connectivity index (χ2n) is 8.60. The van der Waals surface area contributed by atoms with Gasteiger partial charge in [0.25, 0.3) is 0 Å². The highest BCUT2D eigenvalue weighted by Crippen LogP contribution is 2.39. The average molecular weight is 394 g/mol. The summed E-state index contributed by atoms with van der Waals surface area (Å²) in [5.74, 6) is 2.71. The van der Waals surface area contributed by atoms with Crippen LogP contribution in [0.5, 0.6) is 0 Å². The van der Waals surface area contributed by atoms with Crippen LogP contribution in [0.4, 0.5) is 0 Å². The number of rotatable bonds is 4. The van der Waals surface area contributed by atoms with Crippen molar-refractivity contribution in [3.8, 4) is 12.3 Å². The molecule has 6 heteroatoms. The van der Waals surface area contributed by atoms with Crippen molar-refractivity contribution in [1.29, 1.82) is 0 Å². The van der Waals surface area contributed by atoms with E-state index in [2.05, 4.69) is 39.8 Å². The van der Waals surface area contributed by atoms with Crippen molar-refractivity contribution in [2.75, 3.05) is 6.54 Å². The van der Waals surface area contributed by atoms with Crippen molar-refractivity contribution in [1.82, 2.24) is 4.31 Å². The SMILES string of the molecule is C#C[C@@H]1[C@@H](O[Si](C)(C)C(C)(C)C)CCCN1S(=O)(=O)c1ccc(C)cc1. The van der Waals surface area contributed by atoms with Crippen LogP contribution in [0.25, 0.3) is 0 Å². The summed E-state index contributed by atoms with van der Waals surface area (Å²) in [6, 6.07) is 6.35. The Bertz CT molecular complexity index is 773. The fraction of sp³-hybridized carbons (Fsp3) is 0.600. The molecule has 2 atom stereocenters. The predicted molar refractivity (Wildman–Crippen MR) is 109 cm³/mol. The third kappa shape index (κ3) is 4.23. The van der Waals surface area contributed by atoms with Gasteiger partial charge < -0.3 is 4.43 Å². The summed E-state index contributed by atoms with van der Waals surface area (Å²) in [5, 5.41) is 0.0459. The van der Waals surface area contributed by atoms with Crippen LogP contribution in [0.2, 0.25) is 18.1 Å². The van der Waals surface area contributed by atoms with Crippen LogP contribution in [0, 0.1) is 19.3 Å². The highest BCUT2D eigenvalue weighted by molar-refractivity contribution is 7.89. The van der Waals surface area contributed by atoms with Gasteiger partial charge in [-0.1, -0.05) is 44.4 Å². The zero-order valence-electron chi connectivity index (χ0n) is 16.7. The second-order valence-corrected chi connectivity index (χ2v) is 15.2. The van der Waals surface area contributed by atoms with Crippen LogP contribution in [0.15, 0.2) is 29.2 Å². The first-order valence-electron chi connectivity index (χ1n) is 9.12. The standard InChI is InChI=1S/C20H31NO3SSi/c1-8-18-19(24-26(6,7)20(3,4)5)10-9-15-21(18)25(22,23)17-13-11-16(2)12-14-17/h1,11-14,18-19H,9-10,15H2,2-7H3/t18-,19+/m1/s1. The number of terminal acetylenes is 1. The fourth-order valence-electron chi connectivity index (χ4n) is 2.92. The molecule has 1 aliphatic rings. The normalized spacial score (nSPS) is 22.8. The van der Waals surface area contributed by atoms with Gasteiger partial charge in [-0.3, -0.25) is 0 Å². The molecule has 144 valence electrons. The van der Waals surface area contributed by atoms with E-state index < -0.39 is 24.4 Å². The molecule has 0 aromatic heterocycles. The molecule has 0 aliphatic carbocycles. The maximum Gasteiger partial charge on any atom is 0.244 e. The van der Waals surface area contributed by atoms with E-state index in [0.717, 1.165) is 18.4 Å². The molecule has 0 unspecified atom stereocenters. The van der Waals surface area contributed by atoms with Gasteiger partial charge in [-0.25, -0.2) is 8.42 Å². The van der Waals surface area contributed by atoms with E-state index in [0.29, 0.717) is 6.54 Å². The van der Waals surface area contributed by atoms with Gasteiger partial charge in [0, 0.05) is 6.54 Å². The van der Waals surface area contributed by atoms with Crippen molar-refractivity contribution in [2.45, 2.75) is 75.7 Å². The van der Waals surface area contributed by atoms with E-state index in [9.17, 15) is 8.42 Å². The van der Waals surface area contributed by atoms with Crippen LogP contribution in [0.1, 0.15) is 39.2 Å². The van der Waals surface area contributed by atoms with E-state index in [4.69, 9.17) is 10.8 Å². The smallest absolute Gasteiger partial charge is 0.244 e. The van der Waals surface area contributed by atoms with Crippen molar-refractivity contribution in [2.24, 2.45) is 0 Å². The molecule has 2 rings (SSSR count). The van der Waals surface area contributed by atoms with Crippen molar-refractivity contribution in [3.05, 3.63) is 29.8 Å². The summed E-state index contributed by atoms with van der Waals surface area (Å²) in [5.41, 5.74) is 1.02. The number of piperidine rings is 1. The molecule has 1 aromatic rings. The Labute approximate surface area is 160 Å². The average Bonchev–Trinajstić information content (AvgIpc) is 2.53. The van der Waals surface area contributed by atoms with Crippen molar-refractivity contribution in [3.63, 3.8) is 0 Å². The lowest BCUT2D eigenvalue weighted by atomic mass is 10.0. The lowest BCUT2D eigenvalue weighted by Gasteiger charge is -2.44. The number of hydrogen-bond donors (Lipinski definition) is 0.